The van der Waals surface area contributed by atoms with E-state index in [9.17, 15) is 9.59 Å². The molecule has 0 amide bonds. The lowest BCUT2D eigenvalue weighted by atomic mass is 10.2. The van der Waals surface area contributed by atoms with Gasteiger partial charge in [0.15, 0.2) is 0 Å². The molecule has 0 saturated carbocycles. The molecular formula is C13H24O7. The minimum absolute atomic E-state index is 0.0513. The van der Waals surface area contributed by atoms with E-state index in [4.69, 9.17) is 19.3 Å². The zero-order chi connectivity index (χ0) is 15.1. The first-order chi connectivity index (χ1) is 9.70. The number of unbranched alkanes of at least 4 members (excludes halogenated alkanes) is 3. The zero-order valence-electron chi connectivity index (χ0n) is 12.0. The maximum absolute atomic E-state index is 11.0. The summed E-state index contributed by atoms with van der Waals surface area (Å²) in [6.45, 7) is 2.64. The second-order valence-corrected chi connectivity index (χ2v) is 4.03. The van der Waals surface area contributed by atoms with Crippen LogP contribution in [-0.4, -0.2) is 50.5 Å². The van der Waals surface area contributed by atoms with Crippen molar-refractivity contribution >= 4 is 12.3 Å². The van der Waals surface area contributed by atoms with Crippen LogP contribution in [0.1, 0.15) is 39.0 Å². The Hall–Kier alpha value is -1.50. The second-order valence-electron chi connectivity index (χ2n) is 4.03. The molecule has 0 unspecified atom stereocenters. The van der Waals surface area contributed by atoms with E-state index in [2.05, 4.69) is 4.74 Å². The summed E-state index contributed by atoms with van der Waals surface area (Å²) in [4.78, 5) is 21.8. The standard InChI is InChI=1S/C13H24O7/c1-2-8-17-12(15)18-9-5-3-4-6-10-19-13(16)20-11-7-14/h14H,2-11H2,1H3. The summed E-state index contributed by atoms with van der Waals surface area (Å²) in [5.41, 5.74) is 0. The Kier molecular flexibility index (Phi) is 12.9. The van der Waals surface area contributed by atoms with Gasteiger partial charge in [-0.25, -0.2) is 9.59 Å². The van der Waals surface area contributed by atoms with Crippen molar-refractivity contribution in [3.8, 4) is 0 Å². The van der Waals surface area contributed by atoms with Crippen molar-refractivity contribution in [2.24, 2.45) is 0 Å². The fourth-order valence-corrected chi connectivity index (χ4v) is 1.27. The maximum Gasteiger partial charge on any atom is 0.508 e. The lowest BCUT2D eigenvalue weighted by molar-refractivity contribution is 0.0417. The SMILES string of the molecule is CCCOC(=O)OCCCCCCOC(=O)OCCO. The largest absolute Gasteiger partial charge is 0.508 e. The Morgan fingerprint density at radius 1 is 0.750 bits per heavy atom. The molecule has 20 heavy (non-hydrogen) atoms. The first-order valence-corrected chi connectivity index (χ1v) is 6.90. The van der Waals surface area contributed by atoms with E-state index in [0.717, 1.165) is 25.7 Å². The normalized spacial score (nSPS) is 9.90. The Balaban J connectivity index is 3.20. The average molecular weight is 292 g/mol. The monoisotopic (exact) mass is 292 g/mol. The van der Waals surface area contributed by atoms with Crippen LogP contribution < -0.4 is 0 Å². The van der Waals surface area contributed by atoms with Gasteiger partial charge in [-0.15, -0.1) is 0 Å². The van der Waals surface area contributed by atoms with Gasteiger partial charge >= 0.3 is 12.3 Å². The number of carbonyl (C=O) groups is 2. The van der Waals surface area contributed by atoms with Gasteiger partial charge in [0, 0.05) is 0 Å². The average Bonchev–Trinajstić information content (AvgIpc) is 2.45. The Morgan fingerprint density at radius 2 is 1.20 bits per heavy atom. The molecule has 7 heteroatoms. The van der Waals surface area contributed by atoms with Crippen molar-refractivity contribution in [3.63, 3.8) is 0 Å². The van der Waals surface area contributed by atoms with Crippen molar-refractivity contribution in [3.05, 3.63) is 0 Å². The third-order valence-corrected chi connectivity index (χ3v) is 2.21. The van der Waals surface area contributed by atoms with Gasteiger partial charge in [0.1, 0.15) is 6.61 Å². The van der Waals surface area contributed by atoms with E-state index in [0.29, 0.717) is 19.6 Å². The molecule has 0 aliphatic heterocycles. The van der Waals surface area contributed by atoms with Crippen LogP contribution in [0, 0.1) is 0 Å². The summed E-state index contributed by atoms with van der Waals surface area (Å²) in [5, 5.41) is 8.42. The minimum Gasteiger partial charge on any atom is -0.434 e. The molecule has 0 aromatic heterocycles. The van der Waals surface area contributed by atoms with Gasteiger partial charge in [0.05, 0.1) is 26.4 Å². The molecule has 118 valence electrons. The molecular weight excluding hydrogens is 268 g/mol. The smallest absolute Gasteiger partial charge is 0.434 e. The van der Waals surface area contributed by atoms with Gasteiger partial charge in [-0.1, -0.05) is 6.92 Å². The number of aliphatic hydroxyl groups is 1. The van der Waals surface area contributed by atoms with E-state index in [-0.39, 0.29) is 19.8 Å². The highest BCUT2D eigenvalue weighted by atomic mass is 16.7. The molecule has 0 heterocycles. The van der Waals surface area contributed by atoms with Crippen LogP contribution in [0.25, 0.3) is 0 Å². The molecule has 0 rings (SSSR count). The van der Waals surface area contributed by atoms with Gasteiger partial charge < -0.3 is 24.1 Å². The van der Waals surface area contributed by atoms with Gasteiger partial charge in [0.2, 0.25) is 0 Å². The van der Waals surface area contributed by atoms with Gasteiger partial charge in [-0.05, 0) is 32.1 Å². The second kappa shape index (κ2) is 13.9. The van der Waals surface area contributed by atoms with E-state index < -0.39 is 12.3 Å². The molecule has 0 aliphatic rings. The van der Waals surface area contributed by atoms with Crippen LogP contribution >= 0.6 is 0 Å². The molecule has 0 saturated heterocycles. The van der Waals surface area contributed by atoms with E-state index in [1.54, 1.807) is 0 Å². The van der Waals surface area contributed by atoms with Crippen LogP contribution in [0.5, 0.6) is 0 Å². The van der Waals surface area contributed by atoms with E-state index in [1.807, 2.05) is 6.92 Å². The maximum atomic E-state index is 11.0. The van der Waals surface area contributed by atoms with Crippen LogP contribution in [0.15, 0.2) is 0 Å². The number of ether oxygens (including phenoxy) is 4. The van der Waals surface area contributed by atoms with Crippen LogP contribution in [0.4, 0.5) is 9.59 Å². The molecule has 0 fully saturated rings. The summed E-state index contributed by atoms with van der Waals surface area (Å²) >= 11 is 0. The highest BCUT2D eigenvalue weighted by Gasteiger charge is 2.03. The fourth-order valence-electron chi connectivity index (χ4n) is 1.27. The Labute approximate surface area is 119 Å². The van der Waals surface area contributed by atoms with E-state index >= 15 is 0 Å². The third kappa shape index (κ3) is 12.9. The summed E-state index contributed by atoms with van der Waals surface area (Å²) in [5.74, 6) is 0. The number of rotatable bonds is 11. The molecule has 0 radical (unpaired) electrons. The molecule has 0 aliphatic carbocycles. The third-order valence-electron chi connectivity index (χ3n) is 2.21. The fraction of sp³-hybridized carbons (Fsp3) is 0.846. The predicted molar refractivity (Wildman–Crippen MR) is 70.4 cm³/mol. The van der Waals surface area contributed by atoms with Gasteiger partial charge in [-0.2, -0.15) is 0 Å². The summed E-state index contributed by atoms with van der Waals surface area (Å²) in [6, 6.07) is 0. The lowest BCUT2D eigenvalue weighted by Gasteiger charge is -2.06. The molecule has 0 bridgehead atoms. The molecule has 0 spiro atoms. The topological polar surface area (TPSA) is 91.3 Å². The summed E-state index contributed by atoms with van der Waals surface area (Å²) < 4.78 is 18.9. The first kappa shape index (κ1) is 18.5. The summed E-state index contributed by atoms with van der Waals surface area (Å²) in [7, 11) is 0. The Bertz CT molecular complexity index is 229. The van der Waals surface area contributed by atoms with Gasteiger partial charge in [-0.3, -0.25) is 0 Å². The van der Waals surface area contributed by atoms with Crippen LogP contribution in [-0.2, 0) is 18.9 Å². The van der Waals surface area contributed by atoms with Crippen molar-refractivity contribution in [2.45, 2.75) is 39.0 Å². The number of hydrogen-bond acceptors (Lipinski definition) is 7. The first-order valence-electron chi connectivity index (χ1n) is 6.90. The molecule has 0 aromatic carbocycles. The van der Waals surface area contributed by atoms with Gasteiger partial charge in [0.25, 0.3) is 0 Å². The van der Waals surface area contributed by atoms with Crippen LogP contribution in [0.3, 0.4) is 0 Å². The highest BCUT2D eigenvalue weighted by molar-refractivity contribution is 5.60. The molecule has 0 atom stereocenters. The summed E-state index contributed by atoms with van der Waals surface area (Å²) in [6.07, 6.45) is 2.58. The van der Waals surface area contributed by atoms with Crippen molar-refractivity contribution in [1.82, 2.24) is 0 Å². The number of hydrogen-bond donors (Lipinski definition) is 1. The lowest BCUT2D eigenvalue weighted by Crippen LogP contribution is -2.11. The van der Waals surface area contributed by atoms with Crippen molar-refractivity contribution in [2.75, 3.05) is 33.0 Å². The van der Waals surface area contributed by atoms with Crippen LogP contribution in [0.2, 0.25) is 0 Å². The van der Waals surface area contributed by atoms with Crippen molar-refractivity contribution in [1.29, 1.82) is 0 Å². The number of aliphatic hydroxyl groups excluding tert-OH is 1. The highest BCUT2D eigenvalue weighted by Crippen LogP contribution is 2.02. The Morgan fingerprint density at radius 3 is 1.65 bits per heavy atom. The molecule has 7 nitrogen and oxygen atoms in total. The molecule has 0 aromatic rings. The predicted octanol–water partition coefficient (Wildman–Crippen LogP) is 2.26. The zero-order valence-corrected chi connectivity index (χ0v) is 12.0. The number of carbonyl (C=O) groups excluding carboxylic acids is 2. The minimum atomic E-state index is -0.763. The van der Waals surface area contributed by atoms with Crippen molar-refractivity contribution < 1.29 is 33.6 Å². The van der Waals surface area contributed by atoms with E-state index in [1.165, 1.54) is 0 Å². The quantitative estimate of drug-likeness (QED) is 0.461. The molecule has 1 N–H and O–H groups in total.